The molecule has 1 aromatic rings. The fourth-order valence-electron chi connectivity index (χ4n) is 2.67. The summed E-state index contributed by atoms with van der Waals surface area (Å²) in [7, 11) is 0. The van der Waals surface area contributed by atoms with Crippen LogP contribution in [0.15, 0.2) is 22.7 Å². The van der Waals surface area contributed by atoms with Gasteiger partial charge >= 0.3 is 0 Å². The first-order valence-electron chi connectivity index (χ1n) is 6.28. The van der Waals surface area contributed by atoms with Gasteiger partial charge in [-0.3, -0.25) is 0 Å². The molecule has 2 N–H and O–H groups in total. The van der Waals surface area contributed by atoms with Crippen molar-refractivity contribution in [3.63, 3.8) is 0 Å². The van der Waals surface area contributed by atoms with Gasteiger partial charge in [0.1, 0.15) is 0 Å². The Morgan fingerprint density at radius 3 is 2.59 bits per heavy atom. The summed E-state index contributed by atoms with van der Waals surface area (Å²) in [6.45, 7) is 2.33. The minimum atomic E-state index is 0.0764. The molecule has 17 heavy (non-hydrogen) atoms. The predicted molar refractivity (Wildman–Crippen MR) is 77.2 cm³/mol. The van der Waals surface area contributed by atoms with Gasteiger partial charge in [-0.05, 0) is 48.4 Å². The van der Waals surface area contributed by atoms with Crippen molar-refractivity contribution < 1.29 is 0 Å². The molecule has 0 bridgehead atoms. The standard InChI is InChI=1S/C14H19BrClN/c1-9-2-4-10(5-3-9)14(17)12-8-11(15)6-7-13(12)16/h6-10,14H,2-5,17H2,1H3. The monoisotopic (exact) mass is 315 g/mol. The SMILES string of the molecule is CC1CCC(C(N)c2cc(Br)ccc2Cl)CC1. The molecule has 3 heteroatoms. The third-order valence-corrected chi connectivity index (χ3v) is 4.72. The van der Waals surface area contributed by atoms with Gasteiger partial charge in [0.25, 0.3) is 0 Å². The van der Waals surface area contributed by atoms with Crippen molar-refractivity contribution in [2.24, 2.45) is 17.6 Å². The molecule has 1 aliphatic rings. The number of halogens is 2. The topological polar surface area (TPSA) is 26.0 Å². The van der Waals surface area contributed by atoms with Gasteiger partial charge in [-0.15, -0.1) is 0 Å². The smallest absolute Gasteiger partial charge is 0.0454 e. The Morgan fingerprint density at radius 2 is 1.94 bits per heavy atom. The first-order valence-corrected chi connectivity index (χ1v) is 7.45. The molecule has 0 aromatic heterocycles. The summed E-state index contributed by atoms with van der Waals surface area (Å²) >= 11 is 9.72. The van der Waals surface area contributed by atoms with Crippen LogP contribution in [0.4, 0.5) is 0 Å². The van der Waals surface area contributed by atoms with Crippen molar-refractivity contribution in [2.75, 3.05) is 0 Å². The third kappa shape index (κ3) is 3.24. The molecule has 0 heterocycles. The molecule has 1 aromatic carbocycles. The van der Waals surface area contributed by atoms with E-state index >= 15 is 0 Å². The van der Waals surface area contributed by atoms with Gasteiger partial charge in [-0.1, -0.05) is 47.3 Å². The van der Waals surface area contributed by atoms with Gasteiger partial charge in [-0.2, -0.15) is 0 Å². The van der Waals surface area contributed by atoms with Gasteiger partial charge in [0, 0.05) is 15.5 Å². The molecule has 1 saturated carbocycles. The highest BCUT2D eigenvalue weighted by molar-refractivity contribution is 9.10. The lowest BCUT2D eigenvalue weighted by molar-refractivity contribution is 0.256. The van der Waals surface area contributed by atoms with Crippen LogP contribution in [-0.2, 0) is 0 Å². The zero-order valence-corrected chi connectivity index (χ0v) is 12.5. The molecule has 1 fully saturated rings. The number of hydrogen-bond donors (Lipinski definition) is 1. The van der Waals surface area contributed by atoms with Crippen LogP contribution in [0.5, 0.6) is 0 Å². The summed E-state index contributed by atoms with van der Waals surface area (Å²) in [4.78, 5) is 0. The van der Waals surface area contributed by atoms with Gasteiger partial charge in [0.05, 0.1) is 0 Å². The lowest BCUT2D eigenvalue weighted by Gasteiger charge is -2.31. The van der Waals surface area contributed by atoms with Crippen LogP contribution in [0.2, 0.25) is 5.02 Å². The molecule has 1 unspecified atom stereocenters. The molecule has 94 valence electrons. The lowest BCUT2D eigenvalue weighted by atomic mass is 9.78. The second kappa shape index (κ2) is 5.73. The van der Waals surface area contributed by atoms with Crippen molar-refractivity contribution in [2.45, 2.75) is 38.6 Å². The van der Waals surface area contributed by atoms with E-state index in [9.17, 15) is 0 Å². The van der Waals surface area contributed by atoms with Crippen molar-refractivity contribution in [3.05, 3.63) is 33.3 Å². The first-order chi connectivity index (χ1) is 8.08. The third-order valence-electron chi connectivity index (χ3n) is 3.89. The van der Waals surface area contributed by atoms with Crippen LogP contribution in [0.1, 0.15) is 44.2 Å². The molecule has 0 amide bonds. The lowest BCUT2D eigenvalue weighted by Crippen LogP contribution is -2.25. The Hall–Kier alpha value is -0.0500. The minimum Gasteiger partial charge on any atom is -0.324 e. The average molecular weight is 317 g/mol. The molecule has 0 radical (unpaired) electrons. The van der Waals surface area contributed by atoms with Crippen molar-refractivity contribution in [3.8, 4) is 0 Å². The zero-order valence-electron chi connectivity index (χ0n) is 10.1. The summed E-state index contributed by atoms with van der Waals surface area (Å²) in [5, 5.41) is 0.791. The fourth-order valence-corrected chi connectivity index (χ4v) is 3.29. The summed E-state index contributed by atoms with van der Waals surface area (Å²) in [5.41, 5.74) is 7.46. The Bertz CT molecular complexity index is 386. The van der Waals surface area contributed by atoms with Crippen molar-refractivity contribution in [1.29, 1.82) is 0 Å². The van der Waals surface area contributed by atoms with E-state index in [0.29, 0.717) is 5.92 Å². The average Bonchev–Trinajstić information content (AvgIpc) is 2.32. The molecule has 0 spiro atoms. The Morgan fingerprint density at radius 1 is 1.29 bits per heavy atom. The Balaban J connectivity index is 2.13. The molecule has 2 rings (SSSR count). The van der Waals surface area contributed by atoms with Crippen LogP contribution < -0.4 is 5.73 Å². The summed E-state index contributed by atoms with van der Waals surface area (Å²) in [6.07, 6.45) is 5.05. The molecule has 0 saturated heterocycles. The van der Waals surface area contributed by atoms with E-state index in [0.717, 1.165) is 21.0 Å². The van der Waals surface area contributed by atoms with E-state index in [1.54, 1.807) is 0 Å². The Kier molecular flexibility index (Phi) is 4.51. The van der Waals surface area contributed by atoms with E-state index in [2.05, 4.69) is 28.9 Å². The summed E-state index contributed by atoms with van der Waals surface area (Å²) < 4.78 is 1.05. The van der Waals surface area contributed by atoms with Crippen LogP contribution in [-0.4, -0.2) is 0 Å². The molecular formula is C14H19BrClN. The van der Waals surface area contributed by atoms with Crippen LogP contribution >= 0.6 is 27.5 Å². The van der Waals surface area contributed by atoms with E-state index in [-0.39, 0.29) is 6.04 Å². The van der Waals surface area contributed by atoms with Gasteiger partial charge in [0.2, 0.25) is 0 Å². The van der Waals surface area contributed by atoms with Crippen molar-refractivity contribution >= 4 is 27.5 Å². The minimum absolute atomic E-state index is 0.0764. The number of nitrogens with two attached hydrogens (primary N) is 1. The van der Waals surface area contributed by atoms with Gasteiger partial charge in [-0.25, -0.2) is 0 Å². The fraction of sp³-hybridized carbons (Fsp3) is 0.571. The van der Waals surface area contributed by atoms with Crippen LogP contribution in [0.25, 0.3) is 0 Å². The number of rotatable bonds is 2. The first kappa shape index (κ1) is 13.4. The molecule has 1 atom stereocenters. The molecule has 0 aliphatic heterocycles. The second-order valence-electron chi connectivity index (χ2n) is 5.21. The van der Waals surface area contributed by atoms with E-state index in [4.69, 9.17) is 17.3 Å². The number of hydrogen-bond acceptors (Lipinski definition) is 1. The molecule has 1 nitrogen and oxygen atoms in total. The highest BCUT2D eigenvalue weighted by atomic mass is 79.9. The number of benzene rings is 1. The van der Waals surface area contributed by atoms with E-state index < -0.39 is 0 Å². The maximum Gasteiger partial charge on any atom is 0.0454 e. The molecular weight excluding hydrogens is 298 g/mol. The summed E-state index contributed by atoms with van der Waals surface area (Å²) in [6, 6.07) is 6.02. The second-order valence-corrected chi connectivity index (χ2v) is 6.53. The maximum atomic E-state index is 6.38. The zero-order chi connectivity index (χ0) is 12.4. The van der Waals surface area contributed by atoms with Gasteiger partial charge < -0.3 is 5.73 Å². The quantitative estimate of drug-likeness (QED) is 0.822. The van der Waals surface area contributed by atoms with Crippen LogP contribution in [0, 0.1) is 11.8 Å². The van der Waals surface area contributed by atoms with E-state index in [1.165, 1.54) is 25.7 Å². The summed E-state index contributed by atoms with van der Waals surface area (Å²) in [5.74, 6) is 1.44. The Labute approximate surface area is 117 Å². The highest BCUT2D eigenvalue weighted by Gasteiger charge is 2.25. The predicted octanol–water partition coefficient (Wildman–Crippen LogP) is 4.93. The normalized spacial score (nSPS) is 26.8. The largest absolute Gasteiger partial charge is 0.324 e. The highest BCUT2D eigenvalue weighted by Crippen LogP contribution is 2.38. The van der Waals surface area contributed by atoms with Crippen molar-refractivity contribution in [1.82, 2.24) is 0 Å². The molecule has 1 aliphatic carbocycles. The van der Waals surface area contributed by atoms with Crippen LogP contribution in [0.3, 0.4) is 0 Å². The van der Waals surface area contributed by atoms with Gasteiger partial charge in [0.15, 0.2) is 0 Å². The maximum absolute atomic E-state index is 6.38. The van der Waals surface area contributed by atoms with E-state index in [1.807, 2.05) is 12.1 Å².